The van der Waals surface area contributed by atoms with Crippen molar-refractivity contribution in [2.24, 2.45) is 5.73 Å². The number of nitrogens with zero attached hydrogens (tertiary/aromatic N) is 1. The van der Waals surface area contributed by atoms with E-state index in [1.165, 1.54) is 18.0 Å². The minimum atomic E-state index is -0.989. The zero-order valence-electron chi connectivity index (χ0n) is 11.1. The maximum absolute atomic E-state index is 11.6. The van der Waals surface area contributed by atoms with Crippen LogP contribution in [0.3, 0.4) is 0 Å². The van der Waals surface area contributed by atoms with E-state index in [4.69, 9.17) is 10.8 Å². The van der Waals surface area contributed by atoms with Gasteiger partial charge in [-0.1, -0.05) is 12.1 Å². The predicted molar refractivity (Wildman–Crippen MR) is 72.3 cm³/mol. The molecule has 0 heterocycles. The maximum Gasteiger partial charge on any atom is 0.335 e. The van der Waals surface area contributed by atoms with Crippen LogP contribution >= 0.6 is 0 Å². The summed E-state index contributed by atoms with van der Waals surface area (Å²) in [7, 11) is 1.46. The van der Waals surface area contributed by atoms with Crippen LogP contribution in [0.15, 0.2) is 24.3 Å². The van der Waals surface area contributed by atoms with Gasteiger partial charge in [0.25, 0.3) is 0 Å². The van der Waals surface area contributed by atoms with Crippen molar-refractivity contribution in [1.82, 2.24) is 10.2 Å². The third-order valence-electron chi connectivity index (χ3n) is 2.60. The van der Waals surface area contributed by atoms with Crippen molar-refractivity contribution < 1.29 is 19.5 Å². The van der Waals surface area contributed by atoms with Gasteiger partial charge in [0.2, 0.25) is 5.91 Å². The standard InChI is InChI=1S/C13H17N3O4/c1-16(8-11(14)17)13(20)15-6-5-9-3-2-4-10(7-9)12(18)19/h2-4,7H,5-6,8H2,1H3,(H2,14,17)(H,15,20)(H,18,19). The molecule has 0 bridgehead atoms. The number of hydrogen-bond acceptors (Lipinski definition) is 3. The van der Waals surface area contributed by atoms with Gasteiger partial charge in [0, 0.05) is 13.6 Å². The fraction of sp³-hybridized carbons (Fsp3) is 0.308. The molecule has 1 aromatic carbocycles. The molecule has 0 aliphatic heterocycles. The van der Waals surface area contributed by atoms with E-state index in [0.29, 0.717) is 13.0 Å². The maximum atomic E-state index is 11.6. The molecule has 1 rings (SSSR count). The number of carbonyl (C=O) groups excluding carboxylic acids is 2. The number of primary amides is 1. The van der Waals surface area contributed by atoms with Gasteiger partial charge >= 0.3 is 12.0 Å². The van der Waals surface area contributed by atoms with Gasteiger partial charge in [0.1, 0.15) is 6.54 Å². The average Bonchev–Trinajstić information content (AvgIpc) is 2.38. The molecule has 1 aromatic rings. The minimum Gasteiger partial charge on any atom is -0.478 e. The van der Waals surface area contributed by atoms with Gasteiger partial charge in [0.15, 0.2) is 0 Å². The fourth-order valence-corrected chi connectivity index (χ4v) is 1.61. The Balaban J connectivity index is 2.44. The molecular weight excluding hydrogens is 262 g/mol. The van der Waals surface area contributed by atoms with Crippen molar-refractivity contribution in [1.29, 1.82) is 0 Å². The van der Waals surface area contributed by atoms with E-state index >= 15 is 0 Å². The van der Waals surface area contributed by atoms with Crippen molar-refractivity contribution in [3.8, 4) is 0 Å². The van der Waals surface area contributed by atoms with Gasteiger partial charge in [-0.15, -0.1) is 0 Å². The predicted octanol–water partition coefficient (Wildman–Crippen LogP) is 0.0540. The van der Waals surface area contributed by atoms with Crippen LogP contribution in [-0.4, -0.2) is 48.1 Å². The molecule has 0 saturated carbocycles. The number of benzene rings is 1. The molecule has 3 amide bonds. The molecule has 0 radical (unpaired) electrons. The number of likely N-dealkylation sites (N-methyl/N-ethyl adjacent to an activating group) is 1. The lowest BCUT2D eigenvalue weighted by molar-refractivity contribution is -0.118. The third-order valence-corrected chi connectivity index (χ3v) is 2.60. The number of nitrogens with two attached hydrogens (primary N) is 1. The van der Waals surface area contributed by atoms with E-state index in [-0.39, 0.29) is 12.1 Å². The summed E-state index contributed by atoms with van der Waals surface area (Å²) in [4.78, 5) is 34.2. The van der Waals surface area contributed by atoms with Gasteiger partial charge in [-0.05, 0) is 24.1 Å². The molecule has 0 aliphatic rings. The SMILES string of the molecule is CN(CC(N)=O)C(=O)NCCc1cccc(C(=O)O)c1. The fourth-order valence-electron chi connectivity index (χ4n) is 1.61. The average molecular weight is 279 g/mol. The van der Waals surface area contributed by atoms with Crippen LogP contribution in [0.5, 0.6) is 0 Å². The molecule has 20 heavy (non-hydrogen) atoms. The van der Waals surface area contributed by atoms with Crippen molar-refractivity contribution in [3.63, 3.8) is 0 Å². The molecular formula is C13H17N3O4. The Morgan fingerprint density at radius 1 is 1.35 bits per heavy atom. The highest BCUT2D eigenvalue weighted by atomic mass is 16.4. The van der Waals surface area contributed by atoms with Crippen molar-refractivity contribution in [2.75, 3.05) is 20.1 Å². The molecule has 0 aliphatic carbocycles. The Morgan fingerprint density at radius 2 is 2.05 bits per heavy atom. The number of carbonyl (C=O) groups is 3. The number of hydrogen-bond donors (Lipinski definition) is 3. The van der Waals surface area contributed by atoms with E-state index in [2.05, 4.69) is 5.32 Å². The van der Waals surface area contributed by atoms with Crippen LogP contribution < -0.4 is 11.1 Å². The Labute approximate surface area is 116 Å². The van der Waals surface area contributed by atoms with E-state index in [1.54, 1.807) is 18.2 Å². The topological polar surface area (TPSA) is 113 Å². The first kappa shape index (κ1) is 15.5. The Kier molecular flexibility index (Phi) is 5.52. The third kappa shape index (κ3) is 4.97. The molecule has 108 valence electrons. The molecule has 0 atom stereocenters. The summed E-state index contributed by atoms with van der Waals surface area (Å²) in [6, 6.07) is 6.09. The summed E-state index contributed by atoms with van der Waals surface area (Å²) < 4.78 is 0. The second-order valence-corrected chi connectivity index (χ2v) is 4.31. The first-order valence-electron chi connectivity index (χ1n) is 5.99. The van der Waals surface area contributed by atoms with Crippen LogP contribution in [-0.2, 0) is 11.2 Å². The van der Waals surface area contributed by atoms with Crippen LogP contribution in [0, 0.1) is 0 Å². The monoisotopic (exact) mass is 279 g/mol. The van der Waals surface area contributed by atoms with Crippen LogP contribution in [0.4, 0.5) is 4.79 Å². The lowest BCUT2D eigenvalue weighted by Crippen LogP contribution is -2.42. The summed E-state index contributed by atoms with van der Waals surface area (Å²) in [5, 5.41) is 11.5. The van der Waals surface area contributed by atoms with Gasteiger partial charge in [-0.3, -0.25) is 4.79 Å². The lowest BCUT2D eigenvalue weighted by Gasteiger charge is -2.15. The van der Waals surface area contributed by atoms with E-state index in [9.17, 15) is 14.4 Å². The molecule has 4 N–H and O–H groups in total. The molecule has 0 spiro atoms. The Morgan fingerprint density at radius 3 is 2.65 bits per heavy atom. The van der Waals surface area contributed by atoms with Gasteiger partial charge in [-0.25, -0.2) is 9.59 Å². The molecule has 0 saturated heterocycles. The van der Waals surface area contributed by atoms with Crippen molar-refractivity contribution >= 4 is 17.9 Å². The highest BCUT2D eigenvalue weighted by Gasteiger charge is 2.10. The van der Waals surface area contributed by atoms with E-state index in [0.717, 1.165) is 5.56 Å². The molecule has 7 nitrogen and oxygen atoms in total. The number of urea groups is 1. The van der Waals surface area contributed by atoms with Crippen molar-refractivity contribution in [3.05, 3.63) is 35.4 Å². The largest absolute Gasteiger partial charge is 0.478 e. The van der Waals surface area contributed by atoms with Crippen LogP contribution in [0.2, 0.25) is 0 Å². The Bertz CT molecular complexity index is 516. The van der Waals surface area contributed by atoms with E-state index in [1.807, 2.05) is 0 Å². The highest BCUT2D eigenvalue weighted by Crippen LogP contribution is 2.05. The molecule has 0 aromatic heterocycles. The van der Waals surface area contributed by atoms with E-state index < -0.39 is 17.9 Å². The lowest BCUT2D eigenvalue weighted by atomic mass is 10.1. The van der Waals surface area contributed by atoms with Gasteiger partial charge in [-0.2, -0.15) is 0 Å². The van der Waals surface area contributed by atoms with Gasteiger partial charge < -0.3 is 21.1 Å². The number of carboxylic acids is 1. The zero-order chi connectivity index (χ0) is 15.1. The second kappa shape index (κ2) is 7.13. The number of carboxylic acid groups (broad SMARTS) is 1. The molecule has 0 fully saturated rings. The first-order chi connectivity index (χ1) is 9.40. The summed E-state index contributed by atoms with van der Waals surface area (Å²) >= 11 is 0. The van der Waals surface area contributed by atoms with Gasteiger partial charge in [0.05, 0.1) is 5.56 Å². The quantitative estimate of drug-likeness (QED) is 0.683. The molecule has 0 unspecified atom stereocenters. The summed E-state index contributed by atoms with van der Waals surface area (Å²) in [6.45, 7) is 0.186. The smallest absolute Gasteiger partial charge is 0.335 e. The summed E-state index contributed by atoms with van der Waals surface area (Å²) in [5.74, 6) is -1.58. The summed E-state index contributed by atoms with van der Waals surface area (Å²) in [6.07, 6.45) is 0.497. The normalized spacial score (nSPS) is 9.85. The number of aromatic carboxylic acids is 1. The number of amides is 3. The highest BCUT2D eigenvalue weighted by molar-refractivity contribution is 5.87. The number of rotatable bonds is 6. The summed E-state index contributed by atoms with van der Waals surface area (Å²) in [5.41, 5.74) is 6.00. The van der Waals surface area contributed by atoms with Crippen LogP contribution in [0.1, 0.15) is 15.9 Å². The van der Waals surface area contributed by atoms with Crippen LogP contribution in [0.25, 0.3) is 0 Å². The second-order valence-electron chi connectivity index (χ2n) is 4.31. The number of nitrogens with one attached hydrogen (secondary N) is 1. The zero-order valence-corrected chi connectivity index (χ0v) is 11.1. The van der Waals surface area contributed by atoms with Crippen molar-refractivity contribution in [2.45, 2.75) is 6.42 Å². The molecule has 7 heteroatoms. The Hall–Kier alpha value is -2.57. The minimum absolute atomic E-state index is 0.152. The first-order valence-corrected chi connectivity index (χ1v) is 5.99.